The largest absolute Gasteiger partial charge is 0.497 e. The number of carbonyl (C=O) groups is 2. The van der Waals surface area contributed by atoms with E-state index in [1.54, 1.807) is 55.6 Å². The Morgan fingerprint density at radius 1 is 1.00 bits per heavy atom. The molecule has 2 amide bonds. The lowest BCUT2D eigenvalue weighted by molar-refractivity contribution is -0.137. The van der Waals surface area contributed by atoms with E-state index in [2.05, 4.69) is 5.32 Å². The van der Waals surface area contributed by atoms with Gasteiger partial charge in [-0.25, -0.2) is 0 Å². The summed E-state index contributed by atoms with van der Waals surface area (Å²) in [6.45, 7) is 0. The molecule has 0 fully saturated rings. The van der Waals surface area contributed by atoms with Crippen molar-refractivity contribution in [2.75, 3.05) is 19.5 Å². The number of methoxy groups -OCH3 is 1. The Labute approximate surface area is 188 Å². The van der Waals surface area contributed by atoms with Gasteiger partial charge < -0.3 is 15.0 Å². The van der Waals surface area contributed by atoms with E-state index in [1.807, 2.05) is 0 Å². The number of ether oxygens (including phenoxy) is 1. The molecule has 1 aliphatic heterocycles. The van der Waals surface area contributed by atoms with Crippen LogP contribution in [0.15, 0.2) is 72.8 Å². The number of hydrogen-bond acceptors (Lipinski definition) is 3. The third kappa shape index (κ3) is 4.28. The lowest BCUT2D eigenvalue weighted by atomic mass is 9.79. The highest BCUT2D eigenvalue weighted by Crippen LogP contribution is 2.43. The van der Waals surface area contributed by atoms with E-state index in [9.17, 15) is 22.8 Å². The third-order valence-electron chi connectivity index (χ3n) is 5.78. The van der Waals surface area contributed by atoms with Crippen molar-refractivity contribution >= 4 is 17.5 Å². The molecule has 1 aliphatic rings. The first-order valence-corrected chi connectivity index (χ1v) is 10.2. The molecule has 0 saturated heterocycles. The van der Waals surface area contributed by atoms with Crippen LogP contribution < -0.4 is 10.1 Å². The summed E-state index contributed by atoms with van der Waals surface area (Å²) in [5.41, 5.74) is 0.772. The highest BCUT2D eigenvalue weighted by Gasteiger charge is 2.42. The summed E-state index contributed by atoms with van der Waals surface area (Å²) in [4.78, 5) is 28.0. The maximum atomic E-state index is 13.5. The van der Waals surface area contributed by atoms with Crippen LogP contribution in [0.25, 0.3) is 0 Å². The molecular formula is C25H21F3N2O3. The van der Waals surface area contributed by atoms with Crippen molar-refractivity contribution < 1.29 is 27.5 Å². The molecule has 0 unspecified atom stereocenters. The highest BCUT2D eigenvalue weighted by molar-refractivity contribution is 6.04. The van der Waals surface area contributed by atoms with Crippen LogP contribution in [0.1, 0.15) is 39.0 Å². The van der Waals surface area contributed by atoms with Crippen molar-refractivity contribution in [3.63, 3.8) is 0 Å². The molecule has 4 rings (SSSR count). The van der Waals surface area contributed by atoms with Gasteiger partial charge in [-0.2, -0.15) is 13.2 Å². The van der Waals surface area contributed by atoms with E-state index >= 15 is 0 Å². The summed E-state index contributed by atoms with van der Waals surface area (Å²) in [6, 6.07) is 17.6. The topological polar surface area (TPSA) is 58.6 Å². The van der Waals surface area contributed by atoms with E-state index in [0.29, 0.717) is 22.4 Å². The lowest BCUT2D eigenvalue weighted by Crippen LogP contribution is -2.44. The van der Waals surface area contributed by atoms with E-state index in [-0.39, 0.29) is 11.6 Å². The molecule has 0 aromatic heterocycles. The zero-order valence-electron chi connectivity index (χ0n) is 17.9. The molecule has 0 aliphatic carbocycles. The van der Waals surface area contributed by atoms with Gasteiger partial charge in [-0.15, -0.1) is 0 Å². The molecule has 3 aromatic rings. The van der Waals surface area contributed by atoms with E-state index in [1.165, 1.54) is 24.1 Å². The molecule has 33 heavy (non-hydrogen) atoms. The number of benzene rings is 3. The van der Waals surface area contributed by atoms with Gasteiger partial charge in [0.2, 0.25) is 5.91 Å². The van der Waals surface area contributed by atoms with E-state index < -0.39 is 29.6 Å². The fourth-order valence-corrected chi connectivity index (χ4v) is 4.17. The maximum absolute atomic E-state index is 13.5. The Morgan fingerprint density at radius 2 is 1.70 bits per heavy atom. The van der Waals surface area contributed by atoms with Crippen LogP contribution in [0, 0.1) is 0 Å². The highest BCUT2D eigenvalue weighted by atomic mass is 19.4. The number of nitrogens with one attached hydrogen (secondary N) is 1. The zero-order valence-corrected chi connectivity index (χ0v) is 17.9. The number of likely N-dealkylation sites (N-methyl/N-ethyl adjacent to an activating group) is 1. The summed E-state index contributed by atoms with van der Waals surface area (Å²) in [5, 5.41) is 2.62. The average molecular weight is 454 g/mol. The molecule has 170 valence electrons. The molecule has 2 atom stereocenters. The fraction of sp³-hybridized carbons (Fsp3) is 0.200. The van der Waals surface area contributed by atoms with E-state index in [4.69, 9.17) is 4.74 Å². The Morgan fingerprint density at radius 3 is 2.36 bits per heavy atom. The van der Waals surface area contributed by atoms with Gasteiger partial charge in [0.1, 0.15) is 5.75 Å². The van der Waals surface area contributed by atoms with Crippen LogP contribution in [0.5, 0.6) is 5.75 Å². The van der Waals surface area contributed by atoms with Gasteiger partial charge in [-0.1, -0.05) is 36.4 Å². The first kappa shape index (κ1) is 22.4. The van der Waals surface area contributed by atoms with Gasteiger partial charge in [0.15, 0.2) is 0 Å². The first-order valence-electron chi connectivity index (χ1n) is 10.2. The molecule has 3 aromatic carbocycles. The van der Waals surface area contributed by atoms with Gasteiger partial charge in [-0.05, 0) is 47.5 Å². The Balaban J connectivity index is 1.77. The molecule has 1 N–H and O–H groups in total. The zero-order chi connectivity index (χ0) is 23.8. The number of rotatable bonds is 4. The van der Waals surface area contributed by atoms with Crippen molar-refractivity contribution in [2.45, 2.75) is 18.1 Å². The number of nitrogens with zero attached hydrogens (tertiary/aromatic N) is 1. The molecule has 5 nitrogen and oxygen atoms in total. The van der Waals surface area contributed by atoms with Gasteiger partial charge in [-0.3, -0.25) is 9.59 Å². The van der Waals surface area contributed by atoms with Crippen molar-refractivity contribution in [1.29, 1.82) is 0 Å². The monoisotopic (exact) mass is 454 g/mol. The average Bonchev–Trinajstić information content (AvgIpc) is 2.81. The molecule has 8 heteroatoms. The quantitative estimate of drug-likeness (QED) is 0.585. The van der Waals surface area contributed by atoms with Crippen molar-refractivity contribution in [2.24, 2.45) is 0 Å². The number of hydrogen-bond donors (Lipinski definition) is 1. The van der Waals surface area contributed by atoms with Crippen LogP contribution in [0.3, 0.4) is 0 Å². The van der Waals surface area contributed by atoms with Gasteiger partial charge >= 0.3 is 6.18 Å². The second kappa shape index (κ2) is 8.61. The smallest absolute Gasteiger partial charge is 0.416 e. The number of carbonyl (C=O) groups excluding carboxylic acids is 2. The molecular weight excluding hydrogens is 433 g/mol. The summed E-state index contributed by atoms with van der Waals surface area (Å²) < 4.78 is 44.6. The molecule has 0 radical (unpaired) electrons. The van der Waals surface area contributed by atoms with E-state index in [0.717, 1.165) is 12.1 Å². The van der Waals surface area contributed by atoms with Crippen LogP contribution in [-0.4, -0.2) is 30.9 Å². The number of fused-ring (bicyclic) bond motifs is 1. The number of anilines is 1. The Hall–Kier alpha value is -3.81. The van der Waals surface area contributed by atoms with Crippen molar-refractivity contribution in [3.05, 3.63) is 95.1 Å². The predicted octanol–water partition coefficient (Wildman–Crippen LogP) is 5.26. The van der Waals surface area contributed by atoms with Crippen LogP contribution in [0.4, 0.5) is 18.9 Å². The normalized spacial score (nSPS) is 18.0. The minimum atomic E-state index is -4.53. The van der Waals surface area contributed by atoms with Crippen LogP contribution in [-0.2, 0) is 11.0 Å². The van der Waals surface area contributed by atoms with Gasteiger partial charge in [0.25, 0.3) is 5.91 Å². The summed E-state index contributed by atoms with van der Waals surface area (Å²) in [7, 11) is 3.14. The standard InChI is InChI=1S/C25H21F3N2O3/c1-30-22(15-10-12-18(33-2)13-11-15)21(19-8-3-4-9-20(19)24(30)32)23(31)29-17-7-5-6-16(14-17)25(26,27)28/h3-14,21-22H,1-2H3,(H,29,31)/t21-,22-/m1/s1. The van der Waals surface area contributed by atoms with Gasteiger partial charge in [0, 0.05) is 18.3 Å². The predicted molar refractivity (Wildman–Crippen MR) is 117 cm³/mol. The molecule has 0 spiro atoms. The number of alkyl halides is 3. The van der Waals surface area contributed by atoms with Crippen molar-refractivity contribution in [1.82, 2.24) is 4.90 Å². The Kier molecular flexibility index (Phi) is 5.84. The number of amides is 2. The third-order valence-corrected chi connectivity index (χ3v) is 5.78. The second-order valence-electron chi connectivity index (χ2n) is 7.77. The van der Waals surface area contributed by atoms with Crippen LogP contribution in [0.2, 0.25) is 0 Å². The first-order chi connectivity index (χ1) is 15.7. The van der Waals surface area contributed by atoms with Crippen molar-refractivity contribution in [3.8, 4) is 5.75 Å². The lowest BCUT2D eigenvalue weighted by Gasteiger charge is -2.39. The minimum absolute atomic E-state index is 0.0281. The second-order valence-corrected chi connectivity index (χ2v) is 7.77. The SMILES string of the molecule is COc1ccc([C@@H]2[C@H](C(=O)Nc3cccc(C(F)(F)F)c3)c3ccccc3C(=O)N2C)cc1. The maximum Gasteiger partial charge on any atom is 0.416 e. The number of halogens is 3. The minimum Gasteiger partial charge on any atom is -0.497 e. The summed E-state index contributed by atoms with van der Waals surface area (Å²) in [5.74, 6) is -0.975. The van der Waals surface area contributed by atoms with Crippen LogP contribution >= 0.6 is 0 Å². The van der Waals surface area contributed by atoms with Gasteiger partial charge in [0.05, 0.1) is 24.6 Å². The summed E-state index contributed by atoms with van der Waals surface area (Å²) in [6.07, 6.45) is -4.53. The molecule has 0 bridgehead atoms. The Bertz CT molecular complexity index is 1190. The molecule has 0 saturated carbocycles. The molecule has 1 heterocycles. The fourth-order valence-electron chi connectivity index (χ4n) is 4.17. The summed E-state index contributed by atoms with van der Waals surface area (Å²) >= 11 is 0.